The van der Waals surface area contributed by atoms with Crippen LogP contribution in [0.2, 0.25) is 0 Å². The molecule has 5 heteroatoms. The second-order valence-electron chi connectivity index (χ2n) is 7.11. The highest BCUT2D eigenvalue weighted by Crippen LogP contribution is 2.18. The van der Waals surface area contributed by atoms with Crippen LogP contribution < -0.4 is 10.6 Å². The van der Waals surface area contributed by atoms with E-state index in [9.17, 15) is 4.79 Å². The van der Waals surface area contributed by atoms with Crippen molar-refractivity contribution >= 4 is 28.9 Å². The van der Waals surface area contributed by atoms with E-state index < -0.39 is 0 Å². The van der Waals surface area contributed by atoms with E-state index in [4.69, 9.17) is 12.2 Å². The summed E-state index contributed by atoms with van der Waals surface area (Å²) in [6, 6.07) is 15.9. The van der Waals surface area contributed by atoms with E-state index in [0.717, 1.165) is 37.2 Å². The number of nitrogens with one attached hydrogen (secondary N) is 2. The van der Waals surface area contributed by atoms with Crippen molar-refractivity contribution in [2.24, 2.45) is 0 Å². The third-order valence-electron chi connectivity index (χ3n) is 5.04. The molecule has 1 saturated heterocycles. The van der Waals surface area contributed by atoms with Gasteiger partial charge in [0.1, 0.15) is 0 Å². The summed E-state index contributed by atoms with van der Waals surface area (Å²) >= 11 is 5.44. The van der Waals surface area contributed by atoms with Gasteiger partial charge in [-0.05, 0) is 80.7 Å². The molecule has 0 unspecified atom stereocenters. The van der Waals surface area contributed by atoms with Gasteiger partial charge in [-0.3, -0.25) is 4.79 Å². The van der Waals surface area contributed by atoms with E-state index in [1.165, 1.54) is 17.5 Å². The molecule has 1 amide bonds. The van der Waals surface area contributed by atoms with Crippen LogP contribution in [0.5, 0.6) is 0 Å². The van der Waals surface area contributed by atoms with Gasteiger partial charge in [-0.2, -0.15) is 0 Å². The average Bonchev–Trinajstić information content (AvgIpc) is 2.69. The van der Waals surface area contributed by atoms with Crippen molar-refractivity contribution in [3.63, 3.8) is 0 Å². The van der Waals surface area contributed by atoms with E-state index in [-0.39, 0.29) is 11.9 Å². The zero-order valence-electron chi connectivity index (χ0n) is 16.0. The highest BCUT2D eigenvalue weighted by molar-refractivity contribution is 7.80. The Labute approximate surface area is 167 Å². The van der Waals surface area contributed by atoms with Gasteiger partial charge in [0, 0.05) is 24.3 Å². The van der Waals surface area contributed by atoms with Crippen LogP contribution in [0.15, 0.2) is 48.5 Å². The maximum absolute atomic E-state index is 12.5. The van der Waals surface area contributed by atoms with Crippen molar-refractivity contribution in [2.45, 2.75) is 39.2 Å². The van der Waals surface area contributed by atoms with E-state index in [1.807, 2.05) is 41.3 Å². The molecule has 2 aromatic rings. The molecule has 1 heterocycles. The normalized spacial score (nSPS) is 15.1. The molecule has 27 heavy (non-hydrogen) atoms. The Bertz CT molecular complexity index is 797. The summed E-state index contributed by atoms with van der Waals surface area (Å²) in [4.78, 5) is 14.5. The summed E-state index contributed by atoms with van der Waals surface area (Å²) in [5.41, 5.74) is 4.07. The molecular weight excluding hydrogens is 354 g/mol. The summed E-state index contributed by atoms with van der Waals surface area (Å²) < 4.78 is 0. The van der Waals surface area contributed by atoms with Gasteiger partial charge in [0.25, 0.3) is 5.91 Å². The number of carbonyl (C=O) groups excluding carboxylic acids is 1. The minimum absolute atomic E-state index is 0.117. The molecule has 0 spiro atoms. The summed E-state index contributed by atoms with van der Waals surface area (Å²) in [6.45, 7) is 5.92. The number of hydrogen-bond donors (Lipinski definition) is 2. The van der Waals surface area contributed by atoms with Gasteiger partial charge in [0.15, 0.2) is 5.11 Å². The highest BCUT2D eigenvalue weighted by Gasteiger charge is 2.18. The maximum Gasteiger partial charge on any atom is 0.253 e. The fraction of sp³-hybridized carbons (Fsp3) is 0.364. The number of piperidine rings is 1. The third kappa shape index (κ3) is 5.07. The zero-order valence-corrected chi connectivity index (χ0v) is 16.8. The number of amides is 1. The fourth-order valence-corrected chi connectivity index (χ4v) is 3.78. The lowest BCUT2D eigenvalue weighted by Crippen LogP contribution is -2.35. The molecule has 0 bridgehead atoms. The van der Waals surface area contributed by atoms with Crippen LogP contribution in [0.1, 0.15) is 53.7 Å². The minimum atomic E-state index is 0.117. The van der Waals surface area contributed by atoms with Gasteiger partial charge in [0.05, 0.1) is 6.04 Å². The Balaban J connectivity index is 1.57. The van der Waals surface area contributed by atoms with Gasteiger partial charge < -0.3 is 15.5 Å². The monoisotopic (exact) mass is 381 g/mol. The van der Waals surface area contributed by atoms with Crippen molar-refractivity contribution in [2.75, 3.05) is 18.4 Å². The smallest absolute Gasteiger partial charge is 0.253 e. The minimum Gasteiger partial charge on any atom is -0.356 e. The van der Waals surface area contributed by atoms with Gasteiger partial charge in [-0.15, -0.1) is 0 Å². The van der Waals surface area contributed by atoms with Crippen LogP contribution in [0.4, 0.5) is 5.69 Å². The topological polar surface area (TPSA) is 44.4 Å². The van der Waals surface area contributed by atoms with E-state index in [2.05, 4.69) is 36.6 Å². The predicted octanol–water partition coefficient (Wildman–Crippen LogP) is 4.67. The first kappa shape index (κ1) is 19.4. The lowest BCUT2D eigenvalue weighted by molar-refractivity contribution is 0.0724. The quantitative estimate of drug-likeness (QED) is 0.756. The lowest BCUT2D eigenvalue weighted by atomic mass is 10.0. The number of aryl methyl sites for hydroxylation is 1. The second-order valence-corrected chi connectivity index (χ2v) is 7.52. The molecule has 0 aromatic heterocycles. The number of carbonyl (C=O) groups is 1. The molecule has 1 aliphatic rings. The molecule has 1 aliphatic heterocycles. The lowest BCUT2D eigenvalue weighted by Gasteiger charge is -2.26. The average molecular weight is 382 g/mol. The zero-order chi connectivity index (χ0) is 19.2. The molecule has 0 aliphatic carbocycles. The third-order valence-corrected chi connectivity index (χ3v) is 5.26. The first-order chi connectivity index (χ1) is 13.0. The molecule has 142 valence electrons. The molecule has 0 saturated carbocycles. The van der Waals surface area contributed by atoms with Crippen molar-refractivity contribution in [3.05, 3.63) is 65.2 Å². The Hall–Kier alpha value is -2.40. The number of likely N-dealkylation sites (tertiary alicyclic amines) is 1. The van der Waals surface area contributed by atoms with Gasteiger partial charge in [0.2, 0.25) is 0 Å². The molecule has 0 radical (unpaired) electrons. The molecule has 2 N–H and O–H groups in total. The number of thiocarbonyl (C=S) groups is 1. The number of benzene rings is 2. The molecule has 1 atom stereocenters. The summed E-state index contributed by atoms with van der Waals surface area (Å²) in [5, 5.41) is 7.09. The van der Waals surface area contributed by atoms with Crippen LogP contribution in [0.25, 0.3) is 0 Å². The van der Waals surface area contributed by atoms with Crippen LogP contribution in [0, 0.1) is 6.92 Å². The predicted molar refractivity (Wildman–Crippen MR) is 115 cm³/mol. The largest absolute Gasteiger partial charge is 0.356 e. The Morgan fingerprint density at radius 1 is 1.04 bits per heavy atom. The molecule has 4 nitrogen and oxygen atoms in total. The first-order valence-electron chi connectivity index (χ1n) is 9.57. The maximum atomic E-state index is 12.5. The number of nitrogens with zero attached hydrogens (tertiary/aromatic N) is 1. The number of rotatable bonds is 4. The number of anilines is 1. The van der Waals surface area contributed by atoms with E-state index >= 15 is 0 Å². The van der Waals surface area contributed by atoms with Crippen molar-refractivity contribution in [3.8, 4) is 0 Å². The highest BCUT2D eigenvalue weighted by atomic mass is 32.1. The van der Waals surface area contributed by atoms with Gasteiger partial charge in [-0.25, -0.2) is 0 Å². The molecule has 3 rings (SSSR count). The number of hydrogen-bond acceptors (Lipinski definition) is 2. The molecule has 1 fully saturated rings. The van der Waals surface area contributed by atoms with Crippen LogP contribution in [0.3, 0.4) is 0 Å². The molecule has 2 aromatic carbocycles. The van der Waals surface area contributed by atoms with E-state index in [0.29, 0.717) is 5.11 Å². The van der Waals surface area contributed by atoms with Crippen molar-refractivity contribution < 1.29 is 4.79 Å². The van der Waals surface area contributed by atoms with Gasteiger partial charge >= 0.3 is 0 Å². The fourth-order valence-electron chi connectivity index (χ4n) is 3.49. The summed E-state index contributed by atoms with van der Waals surface area (Å²) in [5.74, 6) is 0.120. The van der Waals surface area contributed by atoms with E-state index in [1.54, 1.807) is 0 Å². The summed E-state index contributed by atoms with van der Waals surface area (Å²) in [6.07, 6.45) is 3.42. The van der Waals surface area contributed by atoms with Crippen molar-refractivity contribution in [1.29, 1.82) is 0 Å². The van der Waals surface area contributed by atoms with Crippen molar-refractivity contribution in [1.82, 2.24) is 10.2 Å². The molecular formula is C22H27N3OS. The Kier molecular flexibility index (Phi) is 6.45. The van der Waals surface area contributed by atoms with Crippen LogP contribution >= 0.6 is 12.2 Å². The second kappa shape index (κ2) is 9.00. The summed E-state index contributed by atoms with van der Waals surface area (Å²) in [7, 11) is 0. The SMILES string of the molecule is Cc1ccccc1[C@H](C)NC(=S)Nc1ccc(C(=O)N2CCCCC2)cc1. The van der Waals surface area contributed by atoms with Crippen LogP contribution in [-0.4, -0.2) is 29.0 Å². The first-order valence-corrected chi connectivity index (χ1v) is 9.98. The standard InChI is InChI=1S/C22H27N3OS/c1-16-8-4-5-9-20(16)17(2)23-22(27)24-19-12-10-18(11-13-19)21(26)25-14-6-3-7-15-25/h4-5,8-13,17H,3,6-7,14-15H2,1-2H3,(H2,23,24,27)/t17-/m0/s1. The van der Waals surface area contributed by atoms with Crippen LogP contribution in [-0.2, 0) is 0 Å². The Morgan fingerprint density at radius 3 is 2.37 bits per heavy atom. The van der Waals surface area contributed by atoms with Gasteiger partial charge in [-0.1, -0.05) is 24.3 Å². The Morgan fingerprint density at radius 2 is 1.70 bits per heavy atom.